The SMILES string of the molecule is CN=C(NCc1cc(Cl)c2c(c1)OCCCO2)NC1CCN(c2cccs2)CC1. The van der Waals surface area contributed by atoms with Crippen molar-refractivity contribution in [3.8, 4) is 11.5 Å². The lowest BCUT2D eigenvalue weighted by atomic mass is 10.1. The fourth-order valence-corrected chi connectivity index (χ4v) is 4.73. The van der Waals surface area contributed by atoms with Gasteiger partial charge in [0.1, 0.15) is 0 Å². The number of nitrogens with one attached hydrogen (secondary N) is 2. The monoisotopic (exact) mass is 434 g/mol. The summed E-state index contributed by atoms with van der Waals surface area (Å²) in [5, 5.41) is 11.0. The summed E-state index contributed by atoms with van der Waals surface area (Å²) < 4.78 is 11.5. The van der Waals surface area contributed by atoms with Gasteiger partial charge < -0.3 is 25.0 Å². The fourth-order valence-electron chi connectivity index (χ4n) is 3.65. The number of halogens is 1. The molecule has 1 aromatic heterocycles. The molecule has 8 heteroatoms. The summed E-state index contributed by atoms with van der Waals surface area (Å²) in [7, 11) is 1.80. The first kappa shape index (κ1) is 20.2. The first-order chi connectivity index (χ1) is 14.2. The van der Waals surface area contributed by atoms with Gasteiger partial charge in [-0.15, -0.1) is 11.3 Å². The van der Waals surface area contributed by atoms with Crippen molar-refractivity contribution in [2.45, 2.75) is 31.8 Å². The molecule has 1 aromatic carbocycles. The number of aliphatic imine (C=N–C) groups is 1. The molecule has 156 valence electrons. The van der Waals surface area contributed by atoms with E-state index in [-0.39, 0.29) is 0 Å². The molecular formula is C21H27ClN4O2S. The summed E-state index contributed by atoms with van der Waals surface area (Å²) in [6.07, 6.45) is 3.04. The van der Waals surface area contributed by atoms with Crippen molar-refractivity contribution in [2.75, 3.05) is 38.3 Å². The van der Waals surface area contributed by atoms with Gasteiger partial charge in [-0.1, -0.05) is 11.6 Å². The van der Waals surface area contributed by atoms with Crippen molar-refractivity contribution in [1.29, 1.82) is 0 Å². The van der Waals surface area contributed by atoms with Gasteiger partial charge in [0.25, 0.3) is 0 Å². The van der Waals surface area contributed by atoms with Crippen LogP contribution in [0.2, 0.25) is 5.02 Å². The maximum absolute atomic E-state index is 6.40. The van der Waals surface area contributed by atoms with Crippen LogP contribution in [0.25, 0.3) is 0 Å². The van der Waals surface area contributed by atoms with Gasteiger partial charge in [-0.2, -0.15) is 0 Å². The highest BCUT2D eigenvalue weighted by molar-refractivity contribution is 7.14. The van der Waals surface area contributed by atoms with E-state index < -0.39 is 0 Å². The Balaban J connectivity index is 1.30. The molecule has 1 fully saturated rings. The van der Waals surface area contributed by atoms with E-state index in [1.165, 1.54) is 5.00 Å². The van der Waals surface area contributed by atoms with Crippen molar-refractivity contribution in [3.63, 3.8) is 0 Å². The third kappa shape index (κ3) is 5.08. The number of piperidine rings is 1. The molecular weight excluding hydrogens is 408 g/mol. The highest BCUT2D eigenvalue weighted by atomic mass is 35.5. The van der Waals surface area contributed by atoms with E-state index in [1.54, 1.807) is 18.4 Å². The minimum atomic E-state index is 0.421. The molecule has 29 heavy (non-hydrogen) atoms. The molecule has 0 unspecified atom stereocenters. The predicted octanol–water partition coefficient (Wildman–Crippen LogP) is 3.90. The average Bonchev–Trinajstić information content (AvgIpc) is 3.17. The minimum Gasteiger partial charge on any atom is -0.489 e. The van der Waals surface area contributed by atoms with Crippen LogP contribution in [-0.4, -0.2) is 45.4 Å². The number of hydrogen-bond donors (Lipinski definition) is 2. The molecule has 0 amide bonds. The Bertz CT molecular complexity index is 835. The smallest absolute Gasteiger partial charge is 0.191 e. The number of hydrogen-bond acceptors (Lipinski definition) is 5. The van der Waals surface area contributed by atoms with Gasteiger partial charge in [-0.05, 0) is 48.1 Å². The second kappa shape index (κ2) is 9.59. The standard InChI is InChI=1S/C21H27ClN4O2S/c1-23-21(25-16-5-7-26(8-6-16)19-4-2-11-29-19)24-14-15-12-17(22)20-18(13-15)27-9-3-10-28-20/h2,4,11-13,16H,3,5-10,14H2,1H3,(H2,23,24,25). The fraction of sp³-hybridized carbons (Fsp3) is 0.476. The van der Waals surface area contributed by atoms with Crippen LogP contribution in [0.15, 0.2) is 34.6 Å². The van der Waals surface area contributed by atoms with E-state index in [2.05, 4.69) is 38.0 Å². The van der Waals surface area contributed by atoms with Crippen LogP contribution in [0.3, 0.4) is 0 Å². The Morgan fingerprint density at radius 3 is 2.86 bits per heavy atom. The molecule has 3 heterocycles. The first-order valence-electron chi connectivity index (χ1n) is 10.1. The molecule has 0 spiro atoms. The molecule has 0 saturated carbocycles. The summed E-state index contributed by atoms with van der Waals surface area (Å²) in [4.78, 5) is 6.84. The number of benzene rings is 1. The molecule has 0 bridgehead atoms. The number of rotatable bonds is 4. The van der Waals surface area contributed by atoms with E-state index >= 15 is 0 Å². The number of nitrogens with zero attached hydrogens (tertiary/aromatic N) is 2. The topological polar surface area (TPSA) is 58.1 Å². The number of guanidine groups is 1. The van der Waals surface area contributed by atoms with E-state index in [9.17, 15) is 0 Å². The molecule has 2 aromatic rings. The zero-order valence-corrected chi connectivity index (χ0v) is 18.2. The third-order valence-corrected chi connectivity index (χ3v) is 6.41. The van der Waals surface area contributed by atoms with Crippen molar-refractivity contribution >= 4 is 33.9 Å². The first-order valence-corrected chi connectivity index (χ1v) is 11.3. The third-order valence-electron chi connectivity index (χ3n) is 5.20. The van der Waals surface area contributed by atoms with E-state index in [0.29, 0.717) is 36.6 Å². The Labute approximate surface area is 180 Å². The summed E-state index contributed by atoms with van der Waals surface area (Å²) in [6, 6.07) is 8.65. The van der Waals surface area contributed by atoms with Gasteiger partial charge >= 0.3 is 0 Å². The lowest BCUT2D eigenvalue weighted by molar-refractivity contribution is 0.297. The van der Waals surface area contributed by atoms with Gasteiger partial charge in [0.05, 0.1) is 23.2 Å². The van der Waals surface area contributed by atoms with Crippen molar-refractivity contribution < 1.29 is 9.47 Å². The van der Waals surface area contributed by atoms with Crippen LogP contribution in [0.1, 0.15) is 24.8 Å². The van der Waals surface area contributed by atoms with Crippen molar-refractivity contribution in [3.05, 3.63) is 40.2 Å². The quantitative estimate of drug-likeness (QED) is 0.564. The van der Waals surface area contributed by atoms with Crippen LogP contribution in [0.5, 0.6) is 11.5 Å². The lowest BCUT2D eigenvalue weighted by Gasteiger charge is -2.33. The van der Waals surface area contributed by atoms with Crippen LogP contribution in [-0.2, 0) is 6.54 Å². The molecule has 0 atom stereocenters. The van der Waals surface area contributed by atoms with Gasteiger partial charge in [-0.3, -0.25) is 4.99 Å². The molecule has 0 radical (unpaired) electrons. The second-order valence-corrected chi connectivity index (χ2v) is 8.57. The van der Waals surface area contributed by atoms with E-state index in [1.807, 2.05) is 12.1 Å². The summed E-state index contributed by atoms with van der Waals surface area (Å²) in [5.41, 5.74) is 1.04. The number of fused-ring (bicyclic) bond motifs is 1. The van der Waals surface area contributed by atoms with Crippen molar-refractivity contribution in [2.24, 2.45) is 4.99 Å². The summed E-state index contributed by atoms with van der Waals surface area (Å²) >= 11 is 8.20. The summed E-state index contributed by atoms with van der Waals surface area (Å²) in [5.74, 6) is 2.17. The molecule has 6 nitrogen and oxygen atoms in total. The Hall–Kier alpha value is -2.12. The molecule has 2 aliphatic rings. The van der Waals surface area contributed by atoms with Crippen LogP contribution >= 0.6 is 22.9 Å². The maximum atomic E-state index is 6.40. The highest BCUT2D eigenvalue weighted by Gasteiger charge is 2.21. The van der Waals surface area contributed by atoms with E-state index in [4.69, 9.17) is 21.1 Å². The molecule has 0 aliphatic carbocycles. The number of anilines is 1. The van der Waals surface area contributed by atoms with Crippen LogP contribution in [0, 0.1) is 0 Å². The number of ether oxygens (including phenoxy) is 2. The number of thiophene rings is 1. The highest BCUT2D eigenvalue weighted by Crippen LogP contribution is 2.38. The normalized spacial score (nSPS) is 17.7. The Kier molecular flexibility index (Phi) is 6.67. The Morgan fingerprint density at radius 2 is 2.10 bits per heavy atom. The van der Waals surface area contributed by atoms with Crippen molar-refractivity contribution in [1.82, 2.24) is 10.6 Å². The molecule has 4 rings (SSSR count). The zero-order chi connectivity index (χ0) is 20.1. The lowest BCUT2D eigenvalue weighted by Crippen LogP contribution is -2.48. The van der Waals surface area contributed by atoms with Gasteiger partial charge in [-0.25, -0.2) is 0 Å². The molecule has 2 N–H and O–H groups in total. The maximum Gasteiger partial charge on any atom is 0.191 e. The molecule has 1 saturated heterocycles. The molecule has 2 aliphatic heterocycles. The van der Waals surface area contributed by atoms with Crippen LogP contribution in [0.4, 0.5) is 5.00 Å². The summed E-state index contributed by atoms with van der Waals surface area (Å²) in [6.45, 7) is 4.02. The average molecular weight is 435 g/mol. The van der Waals surface area contributed by atoms with Gasteiger partial charge in [0.15, 0.2) is 17.5 Å². The van der Waals surface area contributed by atoms with Gasteiger partial charge in [0.2, 0.25) is 0 Å². The van der Waals surface area contributed by atoms with Crippen LogP contribution < -0.4 is 25.0 Å². The minimum absolute atomic E-state index is 0.421. The zero-order valence-electron chi connectivity index (χ0n) is 16.6. The van der Waals surface area contributed by atoms with E-state index in [0.717, 1.165) is 49.6 Å². The predicted molar refractivity (Wildman–Crippen MR) is 120 cm³/mol. The second-order valence-electron chi connectivity index (χ2n) is 7.24. The van der Waals surface area contributed by atoms with Gasteiger partial charge in [0, 0.05) is 39.1 Å². The largest absolute Gasteiger partial charge is 0.489 e. The Morgan fingerprint density at radius 1 is 1.28 bits per heavy atom.